The van der Waals surface area contributed by atoms with Crippen LogP contribution in [0.15, 0.2) is 47.4 Å². The van der Waals surface area contributed by atoms with Crippen molar-refractivity contribution in [3.05, 3.63) is 63.2 Å². The van der Waals surface area contributed by atoms with Crippen molar-refractivity contribution in [3.63, 3.8) is 0 Å². The van der Waals surface area contributed by atoms with Crippen molar-refractivity contribution in [2.45, 2.75) is 14.7 Å². The van der Waals surface area contributed by atoms with E-state index in [9.17, 15) is 43.6 Å². The van der Waals surface area contributed by atoms with E-state index in [0.29, 0.717) is 12.1 Å². The largest absolute Gasteiger partial charge is 0.401 e. The molecule has 1 unspecified atom stereocenters. The van der Waals surface area contributed by atoms with Crippen molar-refractivity contribution in [1.82, 2.24) is 0 Å². The van der Waals surface area contributed by atoms with Crippen molar-refractivity contribution in [3.8, 4) is 0 Å². The van der Waals surface area contributed by atoms with Gasteiger partial charge in [-0.15, -0.1) is 15.5 Å². The highest BCUT2D eigenvalue weighted by molar-refractivity contribution is 9.12. The molecule has 5 nitrogen and oxygen atoms in total. The molecule has 0 bridgehead atoms. The topological polar surface area (TPSA) is 72.2 Å². The highest BCUT2D eigenvalue weighted by Crippen LogP contribution is 3.08. The molecule has 0 spiro atoms. The molecule has 178 valence electrons. The third-order valence-electron chi connectivity index (χ3n) is 4.11. The van der Waals surface area contributed by atoms with Gasteiger partial charge in [-0.05, 0) is 34.1 Å². The van der Waals surface area contributed by atoms with Gasteiger partial charge in [-0.25, -0.2) is 4.39 Å². The summed E-state index contributed by atoms with van der Waals surface area (Å²) in [4.78, 5) is 19.8. The minimum absolute atomic E-state index is 0.0859. The van der Waals surface area contributed by atoms with Crippen LogP contribution in [0.25, 0.3) is 0 Å². The number of rotatable bonds is 7. The molecule has 0 saturated heterocycles. The van der Waals surface area contributed by atoms with Crippen molar-refractivity contribution < 1.29 is 38.4 Å². The van der Waals surface area contributed by atoms with E-state index in [0.717, 1.165) is 24.3 Å². The number of nitro groups is 1. The summed E-state index contributed by atoms with van der Waals surface area (Å²) < 4.78 is 97.6. The Morgan fingerprint density at radius 1 is 1.09 bits per heavy atom. The van der Waals surface area contributed by atoms with Crippen molar-refractivity contribution >= 4 is 70.6 Å². The van der Waals surface area contributed by atoms with Gasteiger partial charge in [0.25, 0.3) is 16.2 Å². The molecule has 0 aromatic heterocycles. The minimum atomic E-state index is -10.8. The number of anilines is 1. The van der Waals surface area contributed by atoms with Gasteiger partial charge in [0, 0.05) is 6.07 Å². The molecule has 0 aliphatic carbocycles. The summed E-state index contributed by atoms with van der Waals surface area (Å²) in [6.07, 6.45) is 0. The molecule has 1 amide bonds. The van der Waals surface area contributed by atoms with Gasteiger partial charge in [0.15, 0.2) is 0 Å². The number of benzene rings is 2. The van der Waals surface area contributed by atoms with Crippen LogP contribution in [0.5, 0.6) is 0 Å². The highest BCUT2D eigenvalue weighted by atomic mass is 79.9. The Bertz CT molecular complexity index is 1120. The lowest BCUT2D eigenvalue weighted by molar-refractivity contribution is -0.384. The van der Waals surface area contributed by atoms with Gasteiger partial charge in [-0.1, -0.05) is 45.7 Å². The monoisotopic (exact) mass is 636 g/mol. The van der Waals surface area contributed by atoms with E-state index in [1.165, 1.54) is 0 Å². The molecule has 1 atom stereocenters. The molecule has 0 saturated carbocycles. The molecule has 2 aromatic carbocycles. The first-order valence-corrected chi connectivity index (χ1v) is 12.3. The number of carbonyl (C=O) groups is 1. The third-order valence-corrected chi connectivity index (χ3v) is 9.67. The average molecular weight is 639 g/mol. The molecule has 0 radical (unpaired) electrons. The maximum Gasteiger partial charge on any atom is 0.401 e. The van der Waals surface area contributed by atoms with Gasteiger partial charge in [-0.2, -0.15) is 8.78 Å². The van der Waals surface area contributed by atoms with Gasteiger partial charge in [0.2, 0.25) is 9.84 Å². The van der Waals surface area contributed by atoms with E-state index in [1.807, 2.05) is 0 Å². The second-order valence-corrected chi connectivity index (χ2v) is 11.6. The first-order chi connectivity index (χ1) is 14.3. The average Bonchev–Trinajstić information content (AvgIpc) is 2.67. The minimum Gasteiger partial charge on any atom is -0.321 e. The summed E-state index contributed by atoms with van der Waals surface area (Å²) in [5.41, 5.74) is -2.93. The van der Waals surface area contributed by atoms with Gasteiger partial charge in [0.1, 0.15) is 9.92 Å². The second-order valence-electron chi connectivity index (χ2n) is 6.27. The van der Waals surface area contributed by atoms with Crippen LogP contribution in [-0.4, -0.2) is 26.0 Å². The predicted octanol–water partition coefficient (Wildman–Crippen LogP) is 8.32. The summed E-state index contributed by atoms with van der Waals surface area (Å²) >= 11 is 9.46. The van der Waals surface area contributed by atoms with Crippen LogP contribution >= 0.6 is 53.3 Å². The Hall–Kier alpha value is -1.58. The summed E-state index contributed by atoms with van der Waals surface area (Å²) in [6, 6.07) is 4.59. The SMILES string of the molecule is O=C(Nc1ccccc1S(F)(F)(F)(F)C(F)(F)C(F)(Br)CBr)c1cccc([N+](=O)[O-])c1Cl. The third kappa shape index (κ3) is 4.07. The van der Waals surface area contributed by atoms with Crippen LogP contribution in [0, 0.1) is 10.1 Å². The summed E-state index contributed by atoms with van der Waals surface area (Å²) in [5.74, 6) is -1.49. The number of nitro benzene ring substituents is 1. The molecule has 0 heterocycles. The van der Waals surface area contributed by atoms with Crippen molar-refractivity contribution in [2.24, 2.45) is 0 Å². The fourth-order valence-corrected chi connectivity index (χ4v) is 6.13. The van der Waals surface area contributed by atoms with Crippen molar-refractivity contribution in [2.75, 3.05) is 10.6 Å². The number of amides is 1. The summed E-state index contributed by atoms with van der Waals surface area (Å²) in [5, 5.41) is 3.54. The zero-order valence-electron chi connectivity index (χ0n) is 15.1. The predicted molar refractivity (Wildman–Crippen MR) is 114 cm³/mol. The van der Waals surface area contributed by atoms with Gasteiger partial charge < -0.3 is 5.32 Å². The van der Waals surface area contributed by atoms with E-state index in [1.54, 1.807) is 21.2 Å². The first-order valence-electron chi connectivity index (χ1n) is 7.96. The fourth-order valence-electron chi connectivity index (χ4n) is 2.47. The van der Waals surface area contributed by atoms with Gasteiger partial charge in [0.05, 0.1) is 21.5 Å². The number of alkyl halides is 5. The van der Waals surface area contributed by atoms with Crippen LogP contribution in [0.3, 0.4) is 0 Å². The maximum atomic E-state index is 14.8. The lowest BCUT2D eigenvalue weighted by Crippen LogP contribution is -2.51. The summed E-state index contributed by atoms with van der Waals surface area (Å²) in [6.45, 7) is 0. The quantitative estimate of drug-likeness (QED) is 0.144. The molecular weight excluding hydrogens is 629 g/mol. The van der Waals surface area contributed by atoms with E-state index in [4.69, 9.17) is 11.6 Å². The van der Waals surface area contributed by atoms with E-state index < -0.39 is 62.7 Å². The van der Waals surface area contributed by atoms with Crippen LogP contribution in [0.2, 0.25) is 5.02 Å². The number of carbonyl (C=O) groups excluding carboxylic acids is 1. The maximum absolute atomic E-state index is 14.8. The standard InChI is InChI=1S/C16H10Br2ClF7N2O3S/c17-8-15(18,20)16(21,22)32(23,24,25,26)12-7-2-1-5-10(12)27-14(29)9-4-3-6-11(13(9)19)28(30)31/h1-7H,8H2,(H,27,29). The number of nitrogens with zero attached hydrogens (tertiary/aromatic N) is 1. The van der Waals surface area contributed by atoms with Crippen LogP contribution in [-0.2, 0) is 0 Å². The lowest BCUT2D eigenvalue weighted by Gasteiger charge is -2.56. The smallest absolute Gasteiger partial charge is 0.321 e. The van der Waals surface area contributed by atoms with Crippen LogP contribution in [0.1, 0.15) is 10.4 Å². The molecule has 0 fully saturated rings. The van der Waals surface area contributed by atoms with E-state index >= 15 is 0 Å². The zero-order chi connectivity index (χ0) is 24.8. The van der Waals surface area contributed by atoms with Gasteiger partial charge in [-0.3, -0.25) is 14.9 Å². The van der Waals surface area contributed by atoms with E-state index in [-0.39, 0.29) is 6.07 Å². The fraction of sp³-hybridized carbons (Fsp3) is 0.188. The Kier molecular flexibility index (Phi) is 6.45. The molecule has 1 N–H and O–H groups in total. The van der Waals surface area contributed by atoms with E-state index in [2.05, 4.69) is 15.9 Å². The molecule has 16 heteroatoms. The summed E-state index contributed by atoms with van der Waals surface area (Å²) in [7, 11) is -10.8. The van der Waals surface area contributed by atoms with Crippen molar-refractivity contribution in [1.29, 1.82) is 0 Å². The Morgan fingerprint density at radius 3 is 2.19 bits per heavy atom. The number of para-hydroxylation sites is 1. The van der Waals surface area contributed by atoms with Crippen LogP contribution < -0.4 is 5.32 Å². The molecule has 0 aliphatic heterocycles. The number of hydrogen-bond acceptors (Lipinski definition) is 3. The molecular formula is C16H10Br2ClF7N2O3S. The van der Waals surface area contributed by atoms with Crippen LogP contribution in [0.4, 0.5) is 40.1 Å². The zero-order valence-corrected chi connectivity index (χ0v) is 19.9. The number of hydrogen-bond donors (Lipinski definition) is 1. The van der Waals surface area contributed by atoms with Gasteiger partial charge >= 0.3 is 5.25 Å². The Morgan fingerprint density at radius 2 is 1.66 bits per heavy atom. The normalized spacial score (nSPS) is 16.4. The molecule has 2 aromatic rings. The molecule has 2 rings (SSSR count). The highest BCUT2D eigenvalue weighted by Gasteiger charge is 2.89. The second kappa shape index (κ2) is 7.74. The first kappa shape index (κ1) is 26.7. The molecule has 32 heavy (non-hydrogen) atoms. The Labute approximate surface area is 197 Å². The molecule has 0 aliphatic rings. The Balaban J connectivity index is 2.68. The number of halogens is 10. The lowest BCUT2D eigenvalue weighted by atomic mass is 10.2. The number of nitrogens with one attached hydrogen (secondary N) is 1.